The Bertz CT molecular complexity index is 404. The highest BCUT2D eigenvalue weighted by Gasteiger charge is 2.32. The van der Waals surface area contributed by atoms with Crippen molar-refractivity contribution in [2.24, 2.45) is 16.8 Å². The van der Waals surface area contributed by atoms with Crippen molar-refractivity contribution in [3.05, 3.63) is 11.9 Å². The third kappa shape index (κ3) is 5.12. The van der Waals surface area contributed by atoms with Gasteiger partial charge in [0.2, 0.25) is 0 Å². The van der Waals surface area contributed by atoms with Crippen molar-refractivity contribution in [1.29, 1.82) is 0 Å². The third-order valence-electron chi connectivity index (χ3n) is 2.96. The van der Waals surface area contributed by atoms with Crippen molar-refractivity contribution in [1.82, 2.24) is 5.32 Å². The summed E-state index contributed by atoms with van der Waals surface area (Å²) in [4.78, 5) is 15.8. The molecule has 3 unspecified atom stereocenters. The van der Waals surface area contributed by atoms with E-state index in [1.807, 2.05) is 0 Å². The Kier molecular flexibility index (Phi) is 5.99. The number of carbonyl (C=O) groups is 1. The molecular formula is C14H22ClFN2O2. The summed E-state index contributed by atoms with van der Waals surface area (Å²) in [7, 11) is 1.65. The van der Waals surface area contributed by atoms with E-state index in [0.29, 0.717) is 6.42 Å². The maximum atomic E-state index is 13.8. The van der Waals surface area contributed by atoms with Crippen molar-refractivity contribution in [2.45, 2.75) is 38.8 Å². The summed E-state index contributed by atoms with van der Waals surface area (Å²) in [5, 5.41) is 2.67. The maximum absolute atomic E-state index is 13.8. The van der Waals surface area contributed by atoms with Crippen LogP contribution in [-0.2, 0) is 4.74 Å². The van der Waals surface area contributed by atoms with E-state index < -0.39 is 17.7 Å². The number of ether oxygens (including phenoxy) is 1. The molecular weight excluding hydrogens is 283 g/mol. The second kappa shape index (κ2) is 7.07. The van der Waals surface area contributed by atoms with Gasteiger partial charge in [0.05, 0.1) is 6.04 Å². The minimum Gasteiger partial charge on any atom is -0.444 e. The lowest BCUT2D eigenvalue weighted by Crippen LogP contribution is -2.45. The largest absolute Gasteiger partial charge is 0.444 e. The Morgan fingerprint density at radius 1 is 1.65 bits per heavy atom. The second-order valence-corrected chi connectivity index (χ2v) is 6.19. The molecule has 0 heterocycles. The first kappa shape index (κ1) is 17.0. The number of nitrogens with one attached hydrogen (secondary N) is 1. The van der Waals surface area contributed by atoms with E-state index in [4.69, 9.17) is 16.3 Å². The summed E-state index contributed by atoms with van der Waals surface area (Å²) in [6.07, 6.45) is 3.06. The molecule has 6 heteroatoms. The molecule has 0 bridgehead atoms. The zero-order valence-electron chi connectivity index (χ0n) is 12.3. The van der Waals surface area contributed by atoms with Crippen LogP contribution in [0.25, 0.3) is 0 Å². The highest BCUT2D eigenvalue weighted by atomic mass is 35.5. The highest BCUT2D eigenvalue weighted by Crippen LogP contribution is 2.30. The van der Waals surface area contributed by atoms with Gasteiger partial charge < -0.3 is 15.0 Å². The van der Waals surface area contributed by atoms with E-state index in [1.54, 1.807) is 34.0 Å². The summed E-state index contributed by atoms with van der Waals surface area (Å²) in [6.45, 7) is 5.33. The van der Waals surface area contributed by atoms with Gasteiger partial charge in [-0.25, -0.2) is 9.18 Å². The van der Waals surface area contributed by atoms with Crippen LogP contribution in [-0.4, -0.2) is 36.9 Å². The molecule has 0 aromatic heterocycles. The molecule has 1 N–H and O–H groups in total. The smallest absolute Gasteiger partial charge is 0.408 e. The van der Waals surface area contributed by atoms with Crippen LogP contribution < -0.4 is 5.32 Å². The number of amides is 1. The quantitative estimate of drug-likeness (QED) is 0.642. The van der Waals surface area contributed by atoms with E-state index in [2.05, 4.69) is 10.3 Å². The Labute approximate surface area is 124 Å². The zero-order chi connectivity index (χ0) is 15.3. The van der Waals surface area contributed by atoms with E-state index in [1.165, 1.54) is 6.08 Å². The van der Waals surface area contributed by atoms with Crippen LogP contribution in [0.5, 0.6) is 0 Å². The molecule has 0 aliphatic heterocycles. The minimum absolute atomic E-state index is 0.0873. The zero-order valence-corrected chi connectivity index (χ0v) is 13.1. The van der Waals surface area contributed by atoms with Crippen LogP contribution in [0.3, 0.4) is 0 Å². The average Bonchev–Trinajstić information content (AvgIpc) is 2.30. The van der Waals surface area contributed by atoms with Gasteiger partial charge in [0.25, 0.3) is 0 Å². The van der Waals surface area contributed by atoms with E-state index in [-0.39, 0.29) is 23.5 Å². The van der Waals surface area contributed by atoms with Gasteiger partial charge >= 0.3 is 6.09 Å². The van der Waals surface area contributed by atoms with Crippen LogP contribution in [0.15, 0.2) is 16.9 Å². The maximum Gasteiger partial charge on any atom is 0.408 e. The van der Waals surface area contributed by atoms with Gasteiger partial charge in [-0.15, -0.1) is 11.6 Å². The molecule has 0 aromatic carbocycles. The Hall–Kier alpha value is -1.10. The Morgan fingerprint density at radius 2 is 2.30 bits per heavy atom. The lowest BCUT2D eigenvalue weighted by Gasteiger charge is -2.31. The number of aliphatic imine (C=N–C) groups is 1. The second-order valence-electron chi connectivity index (χ2n) is 5.88. The summed E-state index contributed by atoms with van der Waals surface area (Å²) >= 11 is 5.74. The summed E-state index contributed by atoms with van der Waals surface area (Å²) in [5.74, 6) is -0.482. The van der Waals surface area contributed by atoms with Crippen molar-refractivity contribution in [2.75, 3.05) is 12.9 Å². The molecule has 1 aliphatic rings. The first-order valence-electron chi connectivity index (χ1n) is 6.61. The fourth-order valence-electron chi connectivity index (χ4n) is 2.09. The normalized spacial score (nSPS) is 27.3. The molecule has 114 valence electrons. The van der Waals surface area contributed by atoms with E-state index in [9.17, 15) is 9.18 Å². The van der Waals surface area contributed by atoms with Gasteiger partial charge in [-0.3, -0.25) is 0 Å². The number of carbonyl (C=O) groups excluding carboxylic acids is 1. The molecule has 0 spiro atoms. The number of nitrogens with zero attached hydrogens (tertiary/aromatic N) is 1. The van der Waals surface area contributed by atoms with Crippen molar-refractivity contribution >= 4 is 23.9 Å². The van der Waals surface area contributed by atoms with Crippen LogP contribution >= 0.6 is 11.6 Å². The van der Waals surface area contributed by atoms with Crippen LogP contribution in [0.2, 0.25) is 0 Å². The van der Waals surface area contributed by atoms with Crippen molar-refractivity contribution < 1.29 is 13.9 Å². The molecule has 1 aliphatic carbocycles. The fourth-order valence-corrected chi connectivity index (χ4v) is 2.37. The Morgan fingerprint density at radius 3 is 2.80 bits per heavy atom. The van der Waals surface area contributed by atoms with Gasteiger partial charge in [0.1, 0.15) is 11.4 Å². The Balaban J connectivity index is 2.79. The molecule has 1 amide bonds. The van der Waals surface area contributed by atoms with Gasteiger partial charge in [-0.2, -0.15) is 0 Å². The monoisotopic (exact) mass is 304 g/mol. The third-order valence-corrected chi connectivity index (χ3v) is 3.33. The molecule has 1 rings (SSSR count). The fraction of sp³-hybridized carbons (Fsp3) is 0.714. The molecule has 3 atom stereocenters. The number of allylic oxidation sites excluding steroid dienone is 1. The molecule has 0 saturated heterocycles. The van der Waals surface area contributed by atoms with Crippen LogP contribution in [0, 0.1) is 11.8 Å². The highest BCUT2D eigenvalue weighted by molar-refractivity contribution is 6.18. The predicted octanol–water partition coefficient (Wildman–Crippen LogP) is 3.31. The van der Waals surface area contributed by atoms with E-state index >= 15 is 0 Å². The average molecular weight is 305 g/mol. The molecule has 0 radical (unpaired) electrons. The van der Waals surface area contributed by atoms with E-state index in [0.717, 1.165) is 0 Å². The number of rotatable bonds is 3. The van der Waals surface area contributed by atoms with Gasteiger partial charge in [0.15, 0.2) is 0 Å². The number of alkyl carbamates (subject to hydrolysis) is 1. The van der Waals surface area contributed by atoms with Crippen LogP contribution in [0.1, 0.15) is 27.2 Å². The lowest BCUT2D eigenvalue weighted by molar-refractivity contribution is 0.0502. The predicted molar refractivity (Wildman–Crippen MR) is 79.1 cm³/mol. The molecule has 0 aromatic rings. The molecule has 0 saturated carbocycles. The standard InChI is InChI=1S/C14H22ClFN2O2/c1-14(2,3)20-13(19)18-12-6-11(16)9(7-15)5-10(12)8-17-4/h6,8-10,12H,5,7H2,1-4H3,(H,18,19). The number of halogens is 2. The summed E-state index contributed by atoms with van der Waals surface area (Å²) in [6, 6.07) is -0.465. The first-order valence-corrected chi connectivity index (χ1v) is 7.15. The minimum atomic E-state index is -0.589. The van der Waals surface area contributed by atoms with Gasteiger partial charge in [-0.1, -0.05) is 0 Å². The lowest BCUT2D eigenvalue weighted by atomic mass is 9.84. The summed E-state index contributed by atoms with van der Waals surface area (Å²) in [5.41, 5.74) is -0.589. The molecule has 4 nitrogen and oxygen atoms in total. The molecule has 0 fully saturated rings. The molecule has 20 heavy (non-hydrogen) atoms. The van der Waals surface area contributed by atoms with Gasteiger partial charge in [0, 0.05) is 31.0 Å². The SMILES string of the molecule is CN=CC1CC(CCl)C(F)=CC1NC(=O)OC(C)(C)C. The number of alkyl halides is 1. The number of hydrogen-bond donors (Lipinski definition) is 1. The van der Waals surface area contributed by atoms with Crippen LogP contribution in [0.4, 0.5) is 9.18 Å². The topological polar surface area (TPSA) is 50.7 Å². The number of hydrogen-bond acceptors (Lipinski definition) is 3. The first-order chi connectivity index (χ1) is 9.26. The van der Waals surface area contributed by atoms with Crippen molar-refractivity contribution in [3.63, 3.8) is 0 Å². The van der Waals surface area contributed by atoms with Crippen molar-refractivity contribution in [3.8, 4) is 0 Å². The summed E-state index contributed by atoms with van der Waals surface area (Å²) < 4.78 is 19.0. The van der Waals surface area contributed by atoms with Gasteiger partial charge in [-0.05, 0) is 33.3 Å².